The van der Waals surface area contributed by atoms with E-state index in [-0.39, 0.29) is 11.5 Å². The van der Waals surface area contributed by atoms with Crippen LogP contribution in [0.4, 0.5) is 0 Å². The van der Waals surface area contributed by atoms with Gasteiger partial charge in [0.25, 0.3) is 5.56 Å². The Morgan fingerprint density at radius 1 is 1.05 bits per heavy atom. The van der Waals surface area contributed by atoms with Crippen molar-refractivity contribution in [1.29, 1.82) is 0 Å². The summed E-state index contributed by atoms with van der Waals surface area (Å²) in [5.74, 6) is 1.31. The third-order valence-corrected chi connectivity index (χ3v) is 8.32. The Morgan fingerprint density at radius 2 is 1.77 bits per heavy atom. The van der Waals surface area contributed by atoms with Crippen molar-refractivity contribution in [3.8, 4) is 5.69 Å². The number of benzene rings is 3. The number of carbonyl (C=O) groups excluding carboxylic acids is 1. The fraction of sp³-hybridized carbons (Fsp3) is 0.364. The Hall–Kier alpha value is -3.44. The van der Waals surface area contributed by atoms with Crippen molar-refractivity contribution in [1.82, 2.24) is 14.5 Å². The zero-order valence-electron chi connectivity index (χ0n) is 22.8. The van der Waals surface area contributed by atoms with Crippen molar-refractivity contribution in [2.75, 3.05) is 6.54 Å². The number of nitrogens with zero attached hydrogens (tertiary/aromatic N) is 3. The number of aryl methyl sites for hydroxylation is 1. The lowest BCUT2D eigenvalue weighted by molar-refractivity contribution is -0.133. The number of carbonyl (C=O) groups is 1. The molecule has 0 aliphatic heterocycles. The summed E-state index contributed by atoms with van der Waals surface area (Å²) >= 11 is 6.27. The van der Waals surface area contributed by atoms with Gasteiger partial charge < -0.3 is 4.90 Å². The van der Waals surface area contributed by atoms with Crippen molar-refractivity contribution >= 4 is 28.4 Å². The second-order valence-electron chi connectivity index (χ2n) is 10.7. The maximum absolute atomic E-state index is 13.9. The average molecular weight is 542 g/mol. The molecule has 1 amide bonds. The largest absolute Gasteiger partial charge is 0.332 e. The van der Waals surface area contributed by atoms with Crippen LogP contribution in [0.5, 0.6) is 0 Å². The van der Waals surface area contributed by atoms with Crippen LogP contribution in [-0.2, 0) is 11.2 Å². The van der Waals surface area contributed by atoms with Crippen molar-refractivity contribution in [2.24, 2.45) is 5.92 Å². The van der Waals surface area contributed by atoms with E-state index in [1.807, 2.05) is 67.3 Å². The van der Waals surface area contributed by atoms with Crippen LogP contribution in [0.1, 0.15) is 68.4 Å². The van der Waals surface area contributed by atoms with Crippen molar-refractivity contribution in [2.45, 2.75) is 64.8 Å². The highest BCUT2D eigenvalue weighted by atomic mass is 35.5. The molecular formula is C33H36ClN3O2. The Morgan fingerprint density at radius 3 is 2.51 bits per heavy atom. The quantitative estimate of drug-likeness (QED) is 0.221. The minimum Gasteiger partial charge on any atom is -0.332 e. The highest BCUT2D eigenvalue weighted by Gasteiger charge is 2.28. The highest BCUT2D eigenvalue weighted by Crippen LogP contribution is 2.30. The molecular weight excluding hydrogens is 506 g/mol. The van der Waals surface area contributed by atoms with Gasteiger partial charge in [-0.05, 0) is 74.1 Å². The number of aromatic nitrogens is 2. The third-order valence-electron chi connectivity index (χ3n) is 8.09. The van der Waals surface area contributed by atoms with Gasteiger partial charge in [-0.3, -0.25) is 14.2 Å². The second-order valence-corrected chi connectivity index (χ2v) is 11.2. The summed E-state index contributed by atoms with van der Waals surface area (Å²) in [6.45, 7) is 4.49. The normalized spacial score (nSPS) is 14.5. The van der Waals surface area contributed by atoms with Gasteiger partial charge in [0.05, 0.1) is 22.6 Å². The minimum absolute atomic E-state index is 0.118. The van der Waals surface area contributed by atoms with E-state index in [0.717, 1.165) is 24.1 Å². The number of hydrogen-bond acceptors (Lipinski definition) is 3. The molecule has 1 saturated carbocycles. The van der Waals surface area contributed by atoms with Gasteiger partial charge in [0.1, 0.15) is 5.82 Å². The zero-order valence-corrected chi connectivity index (χ0v) is 23.5. The van der Waals surface area contributed by atoms with Crippen molar-refractivity contribution < 1.29 is 4.79 Å². The first kappa shape index (κ1) is 27.1. The molecule has 1 aromatic heterocycles. The topological polar surface area (TPSA) is 55.2 Å². The summed E-state index contributed by atoms with van der Waals surface area (Å²) < 4.78 is 1.68. The minimum atomic E-state index is -0.405. The predicted octanol–water partition coefficient (Wildman–Crippen LogP) is 7.45. The van der Waals surface area contributed by atoms with Crippen LogP contribution in [0.25, 0.3) is 16.6 Å². The van der Waals surface area contributed by atoms with Gasteiger partial charge in [-0.15, -0.1) is 0 Å². The fourth-order valence-electron chi connectivity index (χ4n) is 5.87. The van der Waals surface area contributed by atoms with E-state index in [2.05, 4.69) is 12.1 Å². The van der Waals surface area contributed by atoms with E-state index in [1.54, 1.807) is 16.7 Å². The molecule has 0 bridgehead atoms. The smallest absolute Gasteiger partial charge is 0.266 e. The van der Waals surface area contributed by atoms with Gasteiger partial charge >= 0.3 is 0 Å². The van der Waals surface area contributed by atoms with E-state index in [1.165, 1.54) is 31.2 Å². The Kier molecular flexibility index (Phi) is 8.47. The molecule has 1 aliphatic rings. The average Bonchev–Trinajstić information content (AvgIpc) is 3.47. The molecule has 1 unspecified atom stereocenters. The standard InChI is InChI=1S/C33H36ClN3O2/c1-23-22-27(34)17-18-30(23)37-32(35-29-15-9-8-14-28(29)33(37)39)24(2)36(21-20-26-10-4-3-5-11-26)31(38)19-16-25-12-6-7-13-25/h3-5,8-11,14-15,17-18,22,24-25H,6-7,12-13,16,19-21H2,1-2H3. The van der Waals surface area contributed by atoms with E-state index in [0.29, 0.717) is 40.6 Å². The van der Waals surface area contributed by atoms with Gasteiger partial charge in [0.2, 0.25) is 5.91 Å². The molecule has 5 rings (SSSR count). The van der Waals surface area contributed by atoms with E-state index in [9.17, 15) is 9.59 Å². The molecule has 1 aliphatic carbocycles. The van der Waals surface area contributed by atoms with Gasteiger partial charge in [0, 0.05) is 18.0 Å². The number of halogens is 1. The van der Waals surface area contributed by atoms with E-state index in [4.69, 9.17) is 16.6 Å². The summed E-state index contributed by atoms with van der Waals surface area (Å²) in [5.41, 5.74) is 3.27. The van der Waals surface area contributed by atoms with Crippen LogP contribution in [0, 0.1) is 12.8 Å². The molecule has 0 N–H and O–H groups in total. The third kappa shape index (κ3) is 6.09. The maximum Gasteiger partial charge on any atom is 0.266 e. The lowest BCUT2D eigenvalue weighted by Gasteiger charge is -2.31. The fourth-order valence-corrected chi connectivity index (χ4v) is 6.10. The Labute approximate surface area is 235 Å². The number of rotatable bonds is 9. The number of para-hydroxylation sites is 1. The molecule has 202 valence electrons. The lowest BCUT2D eigenvalue weighted by Crippen LogP contribution is -2.39. The molecule has 1 heterocycles. The maximum atomic E-state index is 13.9. The molecule has 1 fully saturated rings. The van der Waals surface area contributed by atoms with Crippen LogP contribution in [0.3, 0.4) is 0 Å². The summed E-state index contributed by atoms with van der Waals surface area (Å²) in [6.07, 6.45) is 7.13. The number of amides is 1. The van der Waals surface area contributed by atoms with Crippen LogP contribution in [0.15, 0.2) is 77.6 Å². The van der Waals surface area contributed by atoms with Crippen LogP contribution in [0.2, 0.25) is 5.02 Å². The predicted molar refractivity (Wildman–Crippen MR) is 159 cm³/mol. The Bertz CT molecular complexity index is 1510. The second kappa shape index (κ2) is 12.2. The summed E-state index contributed by atoms with van der Waals surface area (Å²) in [7, 11) is 0. The Balaban J connectivity index is 1.57. The summed E-state index contributed by atoms with van der Waals surface area (Å²) in [5, 5.41) is 1.16. The molecule has 5 nitrogen and oxygen atoms in total. The molecule has 6 heteroatoms. The van der Waals surface area contributed by atoms with Crippen LogP contribution < -0.4 is 5.56 Å². The van der Waals surface area contributed by atoms with Crippen LogP contribution in [-0.4, -0.2) is 26.9 Å². The lowest BCUT2D eigenvalue weighted by atomic mass is 10.0. The van der Waals surface area contributed by atoms with Crippen molar-refractivity contribution in [3.63, 3.8) is 0 Å². The van der Waals surface area contributed by atoms with Crippen LogP contribution >= 0.6 is 11.6 Å². The summed E-state index contributed by atoms with van der Waals surface area (Å²) in [6, 6.07) is 22.7. The molecule has 1 atom stereocenters. The highest BCUT2D eigenvalue weighted by molar-refractivity contribution is 6.30. The molecule has 0 spiro atoms. The number of hydrogen-bond donors (Lipinski definition) is 0. The first-order valence-corrected chi connectivity index (χ1v) is 14.4. The SMILES string of the molecule is Cc1cc(Cl)ccc1-n1c(C(C)N(CCc2ccccc2)C(=O)CCC2CCCC2)nc2ccccc2c1=O. The molecule has 3 aromatic carbocycles. The molecule has 0 saturated heterocycles. The van der Waals surface area contributed by atoms with Gasteiger partial charge in [-0.1, -0.05) is 79.7 Å². The summed E-state index contributed by atoms with van der Waals surface area (Å²) in [4.78, 5) is 34.7. The van der Waals surface area contributed by atoms with Gasteiger partial charge in [-0.2, -0.15) is 0 Å². The first-order chi connectivity index (χ1) is 18.9. The zero-order chi connectivity index (χ0) is 27.4. The molecule has 0 radical (unpaired) electrons. The molecule has 39 heavy (non-hydrogen) atoms. The molecule has 4 aromatic rings. The van der Waals surface area contributed by atoms with Gasteiger partial charge in [-0.25, -0.2) is 4.98 Å². The van der Waals surface area contributed by atoms with E-state index < -0.39 is 6.04 Å². The first-order valence-electron chi connectivity index (χ1n) is 14.0. The van der Waals surface area contributed by atoms with Gasteiger partial charge in [0.15, 0.2) is 0 Å². The van der Waals surface area contributed by atoms with Crippen molar-refractivity contribution in [3.05, 3.63) is 105 Å². The number of fused-ring (bicyclic) bond motifs is 1. The van der Waals surface area contributed by atoms with E-state index >= 15 is 0 Å². The monoisotopic (exact) mass is 541 g/mol.